The van der Waals surface area contributed by atoms with E-state index in [2.05, 4.69) is 4.74 Å². The number of nitrogen functional groups attached to an aromatic ring is 1. The van der Waals surface area contributed by atoms with Gasteiger partial charge in [-0.05, 0) is 24.3 Å². The molecule has 0 fully saturated rings. The molecule has 2 rings (SSSR count). The first-order chi connectivity index (χ1) is 9.95. The molecule has 2 aromatic carbocycles. The van der Waals surface area contributed by atoms with Crippen molar-refractivity contribution in [2.75, 3.05) is 24.8 Å². The van der Waals surface area contributed by atoms with Gasteiger partial charge >= 0.3 is 5.97 Å². The fraction of sp³-hybridized carbons (Fsp3) is 0.133. The fourth-order valence-electron chi connectivity index (χ4n) is 1.97. The lowest BCUT2D eigenvalue weighted by atomic mass is 10.1. The second-order valence-electron chi connectivity index (χ2n) is 4.39. The monoisotopic (exact) mass is 292 g/mol. The van der Waals surface area contributed by atoms with E-state index in [0.29, 0.717) is 0 Å². The van der Waals surface area contributed by atoms with Crippen molar-refractivity contribution >= 4 is 23.0 Å². The lowest BCUT2D eigenvalue weighted by Gasteiger charge is -2.21. The molecule has 0 unspecified atom stereocenters. The van der Waals surface area contributed by atoms with Crippen LogP contribution in [0.1, 0.15) is 10.4 Å². The number of nitrogens with two attached hydrogens (primary N) is 1. The smallest absolute Gasteiger partial charge is 0.340 e. The number of hydrogen-bond acceptors (Lipinski definition) is 4. The van der Waals surface area contributed by atoms with Crippen LogP contribution >= 0.6 is 0 Å². The molecule has 6 heteroatoms. The van der Waals surface area contributed by atoms with Gasteiger partial charge in [-0.3, -0.25) is 0 Å². The standard InChI is InChI=1S/C15H14F2N2O2/c1-19(13-6-4-3-5-10(13)16)14-7-9(15(20)21-2)12(18)8-11(14)17/h3-8H,18H2,1-2H3. The number of carbonyl (C=O) groups is 1. The maximum atomic E-state index is 14.1. The SMILES string of the molecule is COC(=O)c1cc(N(C)c2ccccc2F)c(F)cc1N. The Kier molecular flexibility index (Phi) is 4.07. The first kappa shape index (κ1) is 14.8. The van der Waals surface area contributed by atoms with Crippen LogP contribution in [0.2, 0.25) is 0 Å². The Morgan fingerprint density at radius 3 is 2.43 bits per heavy atom. The Labute approximate surface area is 120 Å². The van der Waals surface area contributed by atoms with Crippen LogP contribution in [0.15, 0.2) is 36.4 Å². The molecule has 0 spiro atoms. The number of methoxy groups -OCH3 is 1. The van der Waals surface area contributed by atoms with Crippen molar-refractivity contribution in [2.45, 2.75) is 0 Å². The van der Waals surface area contributed by atoms with Gasteiger partial charge in [-0.25, -0.2) is 13.6 Å². The van der Waals surface area contributed by atoms with Crippen LogP contribution in [-0.2, 0) is 4.74 Å². The number of esters is 1. The van der Waals surface area contributed by atoms with Crippen molar-refractivity contribution in [3.05, 3.63) is 53.6 Å². The Hall–Kier alpha value is -2.63. The molecule has 0 aromatic heterocycles. The van der Waals surface area contributed by atoms with Gasteiger partial charge in [0, 0.05) is 12.7 Å². The number of rotatable bonds is 3. The van der Waals surface area contributed by atoms with Gasteiger partial charge in [0.1, 0.15) is 11.6 Å². The summed E-state index contributed by atoms with van der Waals surface area (Å²) in [7, 11) is 2.69. The molecular formula is C15H14F2N2O2. The first-order valence-corrected chi connectivity index (χ1v) is 6.11. The first-order valence-electron chi connectivity index (χ1n) is 6.11. The number of halogens is 2. The Balaban J connectivity index is 2.53. The second-order valence-corrected chi connectivity index (χ2v) is 4.39. The van der Waals surface area contributed by atoms with Crippen LogP contribution in [0, 0.1) is 11.6 Å². The molecule has 110 valence electrons. The maximum Gasteiger partial charge on any atom is 0.340 e. The topological polar surface area (TPSA) is 55.6 Å². The zero-order valence-electron chi connectivity index (χ0n) is 11.6. The molecule has 0 saturated heterocycles. The molecule has 4 nitrogen and oxygen atoms in total. The van der Waals surface area contributed by atoms with Crippen molar-refractivity contribution in [1.82, 2.24) is 0 Å². The molecule has 0 aliphatic carbocycles. The van der Waals surface area contributed by atoms with Crippen molar-refractivity contribution in [3.63, 3.8) is 0 Å². The summed E-state index contributed by atoms with van der Waals surface area (Å²) in [4.78, 5) is 12.9. The fourth-order valence-corrected chi connectivity index (χ4v) is 1.97. The van der Waals surface area contributed by atoms with Crippen LogP contribution < -0.4 is 10.6 Å². The number of hydrogen-bond donors (Lipinski definition) is 1. The van der Waals surface area contributed by atoms with Crippen LogP contribution in [0.3, 0.4) is 0 Å². The number of anilines is 3. The Morgan fingerprint density at radius 1 is 1.14 bits per heavy atom. The number of para-hydroxylation sites is 1. The number of ether oxygens (including phenoxy) is 1. The number of carbonyl (C=O) groups excluding carboxylic acids is 1. The van der Waals surface area contributed by atoms with E-state index < -0.39 is 17.6 Å². The molecule has 2 N–H and O–H groups in total. The summed E-state index contributed by atoms with van der Waals surface area (Å²) in [6.07, 6.45) is 0. The molecule has 0 atom stereocenters. The average Bonchev–Trinajstić information content (AvgIpc) is 2.46. The molecule has 0 aliphatic rings. The summed E-state index contributed by atoms with van der Waals surface area (Å²) < 4.78 is 32.4. The molecule has 0 radical (unpaired) electrons. The van der Waals surface area contributed by atoms with Gasteiger partial charge in [0.05, 0.1) is 24.0 Å². The van der Waals surface area contributed by atoms with Gasteiger partial charge in [-0.1, -0.05) is 12.1 Å². The van der Waals surface area contributed by atoms with E-state index in [-0.39, 0.29) is 22.6 Å². The molecule has 21 heavy (non-hydrogen) atoms. The summed E-state index contributed by atoms with van der Waals surface area (Å²) in [5, 5.41) is 0. The molecule has 0 bridgehead atoms. The zero-order valence-corrected chi connectivity index (χ0v) is 11.6. The molecule has 0 amide bonds. The van der Waals surface area contributed by atoms with Gasteiger partial charge in [0.25, 0.3) is 0 Å². The van der Waals surface area contributed by atoms with E-state index in [0.717, 1.165) is 6.07 Å². The highest BCUT2D eigenvalue weighted by Crippen LogP contribution is 2.31. The predicted octanol–water partition coefficient (Wildman–Crippen LogP) is 3.10. The minimum Gasteiger partial charge on any atom is -0.465 e. The lowest BCUT2D eigenvalue weighted by molar-refractivity contribution is 0.0602. The van der Waals surface area contributed by atoms with E-state index in [1.165, 1.54) is 43.3 Å². The minimum absolute atomic E-state index is 0.0229. The molecule has 2 aromatic rings. The average molecular weight is 292 g/mol. The van der Waals surface area contributed by atoms with E-state index in [1.54, 1.807) is 6.07 Å². The molecule has 0 heterocycles. The van der Waals surface area contributed by atoms with Gasteiger partial charge in [0.15, 0.2) is 0 Å². The highest BCUT2D eigenvalue weighted by atomic mass is 19.1. The van der Waals surface area contributed by atoms with Crippen LogP contribution in [0.25, 0.3) is 0 Å². The van der Waals surface area contributed by atoms with E-state index in [9.17, 15) is 13.6 Å². The third kappa shape index (κ3) is 2.79. The van der Waals surface area contributed by atoms with Crippen molar-refractivity contribution < 1.29 is 18.3 Å². The maximum absolute atomic E-state index is 14.1. The third-order valence-corrected chi connectivity index (χ3v) is 3.10. The Bertz CT molecular complexity index is 689. The van der Waals surface area contributed by atoms with Crippen LogP contribution in [0.4, 0.5) is 25.8 Å². The van der Waals surface area contributed by atoms with E-state index >= 15 is 0 Å². The zero-order chi connectivity index (χ0) is 15.6. The van der Waals surface area contributed by atoms with E-state index in [4.69, 9.17) is 5.73 Å². The summed E-state index contributed by atoms with van der Waals surface area (Å²) >= 11 is 0. The van der Waals surface area contributed by atoms with Crippen molar-refractivity contribution in [3.8, 4) is 0 Å². The third-order valence-electron chi connectivity index (χ3n) is 3.10. The molecular weight excluding hydrogens is 278 g/mol. The van der Waals surface area contributed by atoms with Crippen LogP contribution in [-0.4, -0.2) is 20.1 Å². The Morgan fingerprint density at radius 2 is 1.81 bits per heavy atom. The summed E-state index contributed by atoms with van der Waals surface area (Å²) in [6.45, 7) is 0. The summed E-state index contributed by atoms with van der Waals surface area (Å²) in [5.41, 5.74) is 5.79. The quantitative estimate of drug-likeness (QED) is 0.697. The van der Waals surface area contributed by atoms with Gasteiger partial charge < -0.3 is 15.4 Å². The van der Waals surface area contributed by atoms with Crippen LogP contribution in [0.5, 0.6) is 0 Å². The minimum atomic E-state index is -0.685. The second kappa shape index (κ2) is 5.78. The van der Waals surface area contributed by atoms with Gasteiger partial charge in [0.2, 0.25) is 0 Å². The predicted molar refractivity (Wildman–Crippen MR) is 76.6 cm³/mol. The molecule has 0 aliphatic heterocycles. The molecule has 0 saturated carbocycles. The lowest BCUT2D eigenvalue weighted by Crippen LogP contribution is -2.15. The number of benzene rings is 2. The van der Waals surface area contributed by atoms with Crippen molar-refractivity contribution in [2.24, 2.45) is 0 Å². The highest BCUT2D eigenvalue weighted by Gasteiger charge is 2.19. The van der Waals surface area contributed by atoms with Gasteiger partial charge in [-0.15, -0.1) is 0 Å². The summed E-state index contributed by atoms with van der Waals surface area (Å²) in [5.74, 6) is -1.85. The van der Waals surface area contributed by atoms with E-state index in [1.807, 2.05) is 0 Å². The van der Waals surface area contributed by atoms with Gasteiger partial charge in [-0.2, -0.15) is 0 Å². The largest absolute Gasteiger partial charge is 0.465 e. The summed E-state index contributed by atoms with van der Waals surface area (Å²) in [6, 6.07) is 8.18. The normalized spacial score (nSPS) is 10.3. The highest BCUT2D eigenvalue weighted by molar-refractivity contribution is 5.96. The van der Waals surface area contributed by atoms with Crippen molar-refractivity contribution in [1.29, 1.82) is 0 Å². The number of nitrogens with zero attached hydrogens (tertiary/aromatic N) is 1.